The van der Waals surface area contributed by atoms with Crippen molar-refractivity contribution < 1.29 is 4.74 Å². The Kier molecular flexibility index (Phi) is 3.29. The zero-order valence-corrected chi connectivity index (χ0v) is 8.15. The highest BCUT2D eigenvalue weighted by atomic mass is 16.5. The lowest BCUT2D eigenvalue weighted by molar-refractivity contribution is 0.210. The van der Waals surface area contributed by atoms with Gasteiger partial charge in [-0.15, -0.1) is 5.10 Å². The number of nitrogens with zero attached hydrogens (tertiary/aromatic N) is 2. The van der Waals surface area contributed by atoms with E-state index in [0.29, 0.717) is 11.8 Å². The largest absolute Gasteiger partial charge is 0.476 e. The second-order valence-electron chi connectivity index (χ2n) is 3.59. The van der Waals surface area contributed by atoms with E-state index in [-0.39, 0.29) is 0 Å². The Bertz CT molecular complexity index is 259. The number of nitrogens with one attached hydrogen (secondary N) is 1. The van der Waals surface area contributed by atoms with Crippen molar-refractivity contribution in [3.63, 3.8) is 0 Å². The van der Waals surface area contributed by atoms with E-state index in [4.69, 9.17) is 4.74 Å². The Labute approximate surface area is 83.7 Å². The summed E-state index contributed by atoms with van der Waals surface area (Å²) in [5.74, 6) is 1.24. The molecular formula is C10H15N3O. The third kappa shape index (κ3) is 2.67. The van der Waals surface area contributed by atoms with E-state index in [9.17, 15) is 0 Å². The lowest BCUT2D eigenvalue weighted by Crippen LogP contribution is -2.33. The Morgan fingerprint density at radius 2 is 2.57 bits per heavy atom. The minimum absolute atomic E-state index is 0.616. The second-order valence-corrected chi connectivity index (χ2v) is 3.59. The van der Waals surface area contributed by atoms with Crippen LogP contribution in [0.3, 0.4) is 0 Å². The first-order valence-electron chi connectivity index (χ1n) is 5.06. The standard InChI is InChI=1S/C10H15N3O/c1-3-9(7-11-5-1)8-14-10-4-2-6-12-13-10/h2,4,6,9,11H,1,3,5,7-8H2. The fourth-order valence-corrected chi connectivity index (χ4v) is 1.63. The van der Waals surface area contributed by atoms with Crippen LogP contribution >= 0.6 is 0 Å². The van der Waals surface area contributed by atoms with Gasteiger partial charge in [-0.2, -0.15) is 5.10 Å². The fraction of sp³-hybridized carbons (Fsp3) is 0.600. The average molecular weight is 193 g/mol. The van der Waals surface area contributed by atoms with Gasteiger partial charge in [0.05, 0.1) is 6.61 Å². The van der Waals surface area contributed by atoms with Crippen LogP contribution in [0.1, 0.15) is 12.8 Å². The minimum Gasteiger partial charge on any atom is -0.476 e. The van der Waals surface area contributed by atoms with Crippen molar-refractivity contribution in [1.29, 1.82) is 0 Å². The number of rotatable bonds is 3. The van der Waals surface area contributed by atoms with Crippen molar-refractivity contribution >= 4 is 0 Å². The smallest absolute Gasteiger partial charge is 0.233 e. The van der Waals surface area contributed by atoms with E-state index in [0.717, 1.165) is 19.7 Å². The predicted molar refractivity (Wildman–Crippen MR) is 53.1 cm³/mol. The van der Waals surface area contributed by atoms with Gasteiger partial charge in [0.15, 0.2) is 0 Å². The maximum Gasteiger partial charge on any atom is 0.233 e. The molecule has 1 saturated heterocycles. The Balaban J connectivity index is 1.76. The molecule has 2 heterocycles. The Hall–Kier alpha value is -1.16. The lowest BCUT2D eigenvalue weighted by Gasteiger charge is -2.22. The Morgan fingerprint density at radius 3 is 3.29 bits per heavy atom. The summed E-state index contributed by atoms with van der Waals surface area (Å²) in [7, 11) is 0. The van der Waals surface area contributed by atoms with Gasteiger partial charge in [0.25, 0.3) is 0 Å². The van der Waals surface area contributed by atoms with Crippen LogP contribution in [0.5, 0.6) is 5.88 Å². The second kappa shape index (κ2) is 4.91. The molecule has 0 bridgehead atoms. The molecule has 0 saturated carbocycles. The number of piperidine rings is 1. The molecule has 1 aliphatic rings. The van der Waals surface area contributed by atoms with Crippen LogP contribution in [0.15, 0.2) is 18.3 Å². The molecule has 0 amide bonds. The number of hydrogen-bond acceptors (Lipinski definition) is 4. The van der Waals surface area contributed by atoms with Crippen LogP contribution in [0.25, 0.3) is 0 Å². The lowest BCUT2D eigenvalue weighted by atomic mass is 10.0. The molecule has 0 aromatic carbocycles. The van der Waals surface area contributed by atoms with Gasteiger partial charge in [-0.25, -0.2) is 0 Å². The molecule has 4 nitrogen and oxygen atoms in total. The molecule has 4 heteroatoms. The summed E-state index contributed by atoms with van der Waals surface area (Å²) in [5.41, 5.74) is 0. The monoisotopic (exact) mass is 193 g/mol. The van der Waals surface area contributed by atoms with Gasteiger partial charge in [0, 0.05) is 24.7 Å². The maximum absolute atomic E-state index is 5.53. The molecule has 1 aromatic rings. The van der Waals surface area contributed by atoms with Crippen LogP contribution in [-0.2, 0) is 0 Å². The molecular weight excluding hydrogens is 178 g/mol. The van der Waals surface area contributed by atoms with Gasteiger partial charge in [0.2, 0.25) is 5.88 Å². The first kappa shape index (κ1) is 9.40. The quantitative estimate of drug-likeness (QED) is 0.773. The third-order valence-corrected chi connectivity index (χ3v) is 2.41. The van der Waals surface area contributed by atoms with E-state index >= 15 is 0 Å². The fourth-order valence-electron chi connectivity index (χ4n) is 1.63. The molecule has 0 aliphatic carbocycles. The molecule has 1 aromatic heterocycles. The van der Waals surface area contributed by atoms with Crippen molar-refractivity contribution in [1.82, 2.24) is 15.5 Å². The van der Waals surface area contributed by atoms with Crippen molar-refractivity contribution in [2.75, 3.05) is 19.7 Å². The molecule has 1 unspecified atom stereocenters. The first-order valence-corrected chi connectivity index (χ1v) is 5.06. The summed E-state index contributed by atoms with van der Waals surface area (Å²) in [6, 6.07) is 3.67. The SMILES string of the molecule is c1cnnc(OCC2CCCNC2)c1. The number of hydrogen-bond donors (Lipinski definition) is 1. The number of ether oxygens (including phenoxy) is 1. The summed E-state index contributed by atoms with van der Waals surface area (Å²) in [6.07, 6.45) is 4.14. The normalized spacial score (nSPS) is 21.9. The highest BCUT2D eigenvalue weighted by Crippen LogP contribution is 2.11. The van der Waals surface area contributed by atoms with Gasteiger partial charge in [-0.1, -0.05) is 0 Å². The van der Waals surface area contributed by atoms with Gasteiger partial charge in [0.1, 0.15) is 0 Å². The van der Waals surface area contributed by atoms with E-state index in [2.05, 4.69) is 15.5 Å². The topological polar surface area (TPSA) is 47.0 Å². The molecule has 1 N–H and O–H groups in total. The van der Waals surface area contributed by atoms with Crippen LogP contribution in [-0.4, -0.2) is 29.9 Å². The zero-order chi connectivity index (χ0) is 9.64. The van der Waals surface area contributed by atoms with Crippen LogP contribution in [0, 0.1) is 5.92 Å². The van der Waals surface area contributed by atoms with Crippen molar-refractivity contribution in [3.8, 4) is 5.88 Å². The predicted octanol–water partition coefficient (Wildman–Crippen LogP) is 0.855. The molecule has 1 atom stereocenters. The summed E-state index contributed by atoms with van der Waals surface area (Å²) < 4.78 is 5.53. The minimum atomic E-state index is 0.616. The van der Waals surface area contributed by atoms with E-state index in [1.165, 1.54) is 12.8 Å². The van der Waals surface area contributed by atoms with Gasteiger partial charge in [-0.05, 0) is 25.5 Å². The van der Waals surface area contributed by atoms with Gasteiger partial charge in [-0.3, -0.25) is 0 Å². The molecule has 14 heavy (non-hydrogen) atoms. The van der Waals surface area contributed by atoms with Crippen molar-refractivity contribution in [2.24, 2.45) is 5.92 Å². The summed E-state index contributed by atoms with van der Waals surface area (Å²) in [5, 5.41) is 11.0. The highest BCUT2D eigenvalue weighted by molar-refractivity contribution is 5.05. The van der Waals surface area contributed by atoms with Crippen LogP contribution in [0.4, 0.5) is 0 Å². The third-order valence-electron chi connectivity index (χ3n) is 2.41. The summed E-state index contributed by atoms with van der Waals surface area (Å²) in [6.45, 7) is 2.94. The first-order chi connectivity index (χ1) is 6.95. The molecule has 2 rings (SSSR count). The van der Waals surface area contributed by atoms with Gasteiger partial charge < -0.3 is 10.1 Å². The van der Waals surface area contributed by atoms with Crippen molar-refractivity contribution in [2.45, 2.75) is 12.8 Å². The van der Waals surface area contributed by atoms with Crippen LogP contribution < -0.4 is 10.1 Å². The van der Waals surface area contributed by atoms with E-state index in [1.807, 2.05) is 12.1 Å². The van der Waals surface area contributed by atoms with Crippen molar-refractivity contribution in [3.05, 3.63) is 18.3 Å². The highest BCUT2D eigenvalue weighted by Gasteiger charge is 2.13. The molecule has 0 spiro atoms. The summed E-state index contributed by atoms with van der Waals surface area (Å²) >= 11 is 0. The zero-order valence-electron chi connectivity index (χ0n) is 8.15. The van der Waals surface area contributed by atoms with Gasteiger partial charge >= 0.3 is 0 Å². The average Bonchev–Trinajstić information content (AvgIpc) is 2.29. The van der Waals surface area contributed by atoms with E-state index in [1.54, 1.807) is 6.20 Å². The summed E-state index contributed by atoms with van der Waals surface area (Å²) in [4.78, 5) is 0. The molecule has 76 valence electrons. The number of aromatic nitrogens is 2. The maximum atomic E-state index is 5.53. The molecule has 1 fully saturated rings. The Morgan fingerprint density at radius 1 is 1.57 bits per heavy atom. The molecule has 1 aliphatic heterocycles. The van der Waals surface area contributed by atoms with E-state index < -0.39 is 0 Å². The molecule has 0 radical (unpaired) electrons. The van der Waals surface area contributed by atoms with Crippen LogP contribution in [0.2, 0.25) is 0 Å².